The number of nitrogens with zero attached hydrogens (tertiary/aromatic N) is 1. The standard InChI is InChI=1S/C17H11BrClN/c18-14-3-1-2-12(10-14)4-8-16-9-6-13-5-7-15(19)11-17(13)20-16/h1-11H. The van der Waals surface area contributed by atoms with Gasteiger partial charge >= 0.3 is 0 Å². The fourth-order valence-electron chi connectivity index (χ4n) is 1.99. The Bertz CT molecular complexity index is 796. The zero-order valence-electron chi connectivity index (χ0n) is 10.6. The van der Waals surface area contributed by atoms with Crippen molar-refractivity contribution in [3.8, 4) is 0 Å². The summed E-state index contributed by atoms with van der Waals surface area (Å²) in [7, 11) is 0. The van der Waals surface area contributed by atoms with Crippen LogP contribution in [0.1, 0.15) is 11.3 Å². The van der Waals surface area contributed by atoms with Gasteiger partial charge in [0.15, 0.2) is 0 Å². The predicted molar refractivity (Wildman–Crippen MR) is 89.8 cm³/mol. The number of aromatic nitrogens is 1. The Morgan fingerprint density at radius 2 is 1.80 bits per heavy atom. The highest BCUT2D eigenvalue weighted by Crippen LogP contribution is 2.19. The minimum atomic E-state index is 0.707. The summed E-state index contributed by atoms with van der Waals surface area (Å²) >= 11 is 9.46. The average molecular weight is 345 g/mol. The lowest BCUT2D eigenvalue weighted by atomic mass is 10.1. The molecule has 0 saturated carbocycles. The summed E-state index contributed by atoms with van der Waals surface area (Å²) in [4.78, 5) is 4.59. The SMILES string of the molecule is Clc1ccc2ccc(C=Cc3cccc(Br)c3)nc2c1. The van der Waals surface area contributed by atoms with Crippen LogP contribution in [0.2, 0.25) is 5.02 Å². The molecule has 0 N–H and O–H groups in total. The topological polar surface area (TPSA) is 12.9 Å². The van der Waals surface area contributed by atoms with E-state index in [-0.39, 0.29) is 0 Å². The van der Waals surface area contributed by atoms with Crippen LogP contribution in [0.25, 0.3) is 23.1 Å². The van der Waals surface area contributed by atoms with Crippen molar-refractivity contribution in [1.29, 1.82) is 0 Å². The molecule has 0 aliphatic carbocycles. The molecule has 0 spiro atoms. The second kappa shape index (κ2) is 5.78. The predicted octanol–water partition coefficient (Wildman–Crippen LogP) is 5.82. The van der Waals surface area contributed by atoms with Gasteiger partial charge in [0.25, 0.3) is 0 Å². The van der Waals surface area contributed by atoms with Crippen molar-refractivity contribution >= 4 is 50.6 Å². The Morgan fingerprint density at radius 1 is 0.950 bits per heavy atom. The van der Waals surface area contributed by atoms with E-state index in [0.717, 1.165) is 26.6 Å². The molecule has 20 heavy (non-hydrogen) atoms. The van der Waals surface area contributed by atoms with Crippen LogP contribution in [0.3, 0.4) is 0 Å². The fourth-order valence-corrected chi connectivity index (χ4v) is 2.57. The molecule has 0 saturated heterocycles. The second-order valence-electron chi connectivity index (χ2n) is 4.46. The highest BCUT2D eigenvalue weighted by Gasteiger charge is 1.97. The van der Waals surface area contributed by atoms with Gasteiger partial charge in [-0.2, -0.15) is 0 Å². The Kier molecular flexibility index (Phi) is 3.86. The largest absolute Gasteiger partial charge is 0.248 e. The molecule has 3 heteroatoms. The van der Waals surface area contributed by atoms with Crippen molar-refractivity contribution < 1.29 is 0 Å². The normalized spacial score (nSPS) is 11.3. The summed E-state index contributed by atoms with van der Waals surface area (Å²) in [6.07, 6.45) is 4.05. The minimum absolute atomic E-state index is 0.707. The third-order valence-corrected chi connectivity index (χ3v) is 3.70. The molecule has 0 atom stereocenters. The highest BCUT2D eigenvalue weighted by molar-refractivity contribution is 9.10. The van der Waals surface area contributed by atoms with Gasteiger partial charge in [-0.05, 0) is 42.0 Å². The fraction of sp³-hybridized carbons (Fsp3) is 0. The van der Waals surface area contributed by atoms with Gasteiger partial charge in [0, 0.05) is 14.9 Å². The van der Waals surface area contributed by atoms with Crippen molar-refractivity contribution in [3.63, 3.8) is 0 Å². The van der Waals surface area contributed by atoms with E-state index in [9.17, 15) is 0 Å². The molecule has 0 aliphatic rings. The number of halogens is 2. The van der Waals surface area contributed by atoms with Gasteiger partial charge in [-0.3, -0.25) is 0 Å². The Labute approximate surface area is 131 Å². The summed E-state index contributed by atoms with van der Waals surface area (Å²) in [6.45, 7) is 0. The lowest BCUT2D eigenvalue weighted by molar-refractivity contribution is 1.37. The highest BCUT2D eigenvalue weighted by atomic mass is 79.9. The molecule has 0 bridgehead atoms. The van der Waals surface area contributed by atoms with Crippen molar-refractivity contribution in [2.75, 3.05) is 0 Å². The van der Waals surface area contributed by atoms with E-state index < -0.39 is 0 Å². The monoisotopic (exact) mass is 343 g/mol. The third-order valence-electron chi connectivity index (χ3n) is 2.97. The summed E-state index contributed by atoms with van der Waals surface area (Å²) in [5.41, 5.74) is 2.96. The van der Waals surface area contributed by atoms with Crippen molar-refractivity contribution in [1.82, 2.24) is 4.98 Å². The van der Waals surface area contributed by atoms with Gasteiger partial charge < -0.3 is 0 Å². The van der Waals surface area contributed by atoms with Crippen LogP contribution in [0, 0.1) is 0 Å². The van der Waals surface area contributed by atoms with Crippen LogP contribution in [0.4, 0.5) is 0 Å². The van der Waals surface area contributed by atoms with Gasteiger partial charge in [0.2, 0.25) is 0 Å². The first-order valence-corrected chi connectivity index (χ1v) is 7.38. The number of hydrogen-bond acceptors (Lipinski definition) is 1. The maximum atomic E-state index is 6.00. The minimum Gasteiger partial charge on any atom is -0.248 e. The lowest BCUT2D eigenvalue weighted by Crippen LogP contribution is -1.83. The van der Waals surface area contributed by atoms with Crippen molar-refractivity contribution in [3.05, 3.63) is 75.4 Å². The van der Waals surface area contributed by atoms with E-state index in [1.807, 2.05) is 48.6 Å². The van der Waals surface area contributed by atoms with Gasteiger partial charge in [-0.15, -0.1) is 0 Å². The summed E-state index contributed by atoms with van der Waals surface area (Å²) in [5, 5.41) is 1.80. The van der Waals surface area contributed by atoms with E-state index >= 15 is 0 Å². The average Bonchev–Trinajstić information content (AvgIpc) is 2.45. The van der Waals surface area contributed by atoms with Crippen LogP contribution >= 0.6 is 27.5 Å². The third kappa shape index (κ3) is 3.09. The van der Waals surface area contributed by atoms with E-state index in [4.69, 9.17) is 11.6 Å². The van der Waals surface area contributed by atoms with Gasteiger partial charge in [0.1, 0.15) is 0 Å². The summed E-state index contributed by atoms with van der Waals surface area (Å²) < 4.78 is 1.07. The molecule has 3 rings (SSSR count). The molecule has 0 aliphatic heterocycles. The molecule has 1 aromatic heterocycles. The van der Waals surface area contributed by atoms with Crippen LogP contribution in [-0.4, -0.2) is 4.98 Å². The molecule has 0 unspecified atom stereocenters. The van der Waals surface area contributed by atoms with E-state index in [1.54, 1.807) is 0 Å². The van der Waals surface area contributed by atoms with Crippen LogP contribution in [-0.2, 0) is 0 Å². The van der Waals surface area contributed by atoms with E-state index in [2.05, 4.69) is 39.1 Å². The number of rotatable bonds is 2. The van der Waals surface area contributed by atoms with Gasteiger partial charge in [-0.25, -0.2) is 4.98 Å². The Balaban J connectivity index is 1.94. The molecule has 0 radical (unpaired) electrons. The second-order valence-corrected chi connectivity index (χ2v) is 5.81. The van der Waals surface area contributed by atoms with Crippen LogP contribution in [0.5, 0.6) is 0 Å². The Hall–Kier alpha value is -1.64. The molecule has 1 heterocycles. The Morgan fingerprint density at radius 3 is 2.65 bits per heavy atom. The molecule has 98 valence electrons. The number of hydrogen-bond donors (Lipinski definition) is 0. The molecular weight excluding hydrogens is 334 g/mol. The first-order chi connectivity index (χ1) is 9.70. The van der Waals surface area contributed by atoms with Crippen molar-refractivity contribution in [2.24, 2.45) is 0 Å². The van der Waals surface area contributed by atoms with E-state index in [1.165, 1.54) is 0 Å². The van der Waals surface area contributed by atoms with Gasteiger partial charge in [-0.1, -0.05) is 57.9 Å². The van der Waals surface area contributed by atoms with Gasteiger partial charge in [0.05, 0.1) is 11.2 Å². The van der Waals surface area contributed by atoms with Crippen LogP contribution < -0.4 is 0 Å². The quantitative estimate of drug-likeness (QED) is 0.570. The molecule has 2 aromatic carbocycles. The molecule has 0 fully saturated rings. The molecule has 0 amide bonds. The molecule has 3 aromatic rings. The summed E-state index contributed by atoms with van der Waals surface area (Å²) in [6, 6.07) is 17.9. The first-order valence-electron chi connectivity index (χ1n) is 6.21. The maximum Gasteiger partial charge on any atom is 0.0724 e. The smallest absolute Gasteiger partial charge is 0.0724 e. The van der Waals surface area contributed by atoms with E-state index in [0.29, 0.717) is 5.02 Å². The number of fused-ring (bicyclic) bond motifs is 1. The van der Waals surface area contributed by atoms with Crippen molar-refractivity contribution in [2.45, 2.75) is 0 Å². The van der Waals surface area contributed by atoms with Crippen LogP contribution in [0.15, 0.2) is 59.1 Å². The number of pyridine rings is 1. The zero-order chi connectivity index (χ0) is 13.9. The molecular formula is C17H11BrClN. The maximum absolute atomic E-state index is 6.00. The zero-order valence-corrected chi connectivity index (χ0v) is 12.9. The first kappa shape index (κ1) is 13.3. The molecule has 1 nitrogen and oxygen atoms in total. The number of benzene rings is 2. The lowest BCUT2D eigenvalue weighted by Gasteiger charge is -2.00. The summed E-state index contributed by atoms with van der Waals surface area (Å²) in [5.74, 6) is 0.